The zero-order valence-corrected chi connectivity index (χ0v) is 9.75. The van der Waals surface area contributed by atoms with E-state index in [-0.39, 0.29) is 5.92 Å². The predicted molar refractivity (Wildman–Crippen MR) is 59.3 cm³/mol. The molecule has 0 heterocycles. The Balaban J connectivity index is 3.94. The number of carbonyl (C=O) groups is 1. The first kappa shape index (κ1) is 13.5. The van der Waals surface area contributed by atoms with Gasteiger partial charge in [0.15, 0.2) is 0 Å². The monoisotopic (exact) mass is 200 g/mol. The Kier molecular flexibility index (Phi) is 7.54. The molecule has 2 unspecified atom stereocenters. The number of unbranched alkanes of at least 4 members (excludes halogenated alkanes) is 2. The molecule has 0 radical (unpaired) electrons. The van der Waals surface area contributed by atoms with E-state index >= 15 is 0 Å². The summed E-state index contributed by atoms with van der Waals surface area (Å²) in [5, 5.41) is 9.07. The minimum Gasteiger partial charge on any atom is -0.481 e. The summed E-state index contributed by atoms with van der Waals surface area (Å²) in [6, 6.07) is 0. The maximum absolute atomic E-state index is 11.0. The highest BCUT2D eigenvalue weighted by Crippen LogP contribution is 2.23. The van der Waals surface area contributed by atoms with Crippen molar-refractivity contribution in [3.05, 3.63) is 0 Å². The molecule has 0 fully saturated rings. The molecule has 0 aromatic heterocycles. The molecule has 0 aliphatic carbocycles. The van der Waals surface area contributed by atoms with E-state index in [0.29, 0.717) is 5.92 Å². The minimum atomic E-state index is -0.609. The topological polar surface area (TPSA) is 37.3 Å². The third-order valence-electron chi connectivity index (χ3n) is 2.87. The van der Waals surface area contributed by atoms with E-state index < -0.39 is 5.97 Å². The third kappa shape index (κ3) is 5.25. The molecule has 2 heteroatoms. The van der Waals surface area contributed by atoms with Crippen LogP contribution in [0, 0.1) is 11.8 Å². The number of aliphatic carboxylic acids is 1. The normalized spacial score (nSPS) is 15.1. The van der Waals surface area contributed by atoms with Gasteiger partial charge in [-0.2, -0.15) is 0 Å². The van der Waals surface area contributed by atoms with Crippen molar-refractivity contribution in [3.8, 4) is 0 Å². The van der Waals surface area contributed by atoms with Gasteiger partial charge < -0.3 is 5.11 Å². The fourth-order valence-electron chi connectivity index (χ4n) is 1.92. The summed E-state index contributed by atoms with van der Waals surface area (Å²) in [5.41, 5.74) is 0. The van der Waals surface area contributed by atoms with Gasteiger partial charge in [0.1, 0.15) is 0 Å². The van der Waals surface area contributed by atoms with E-state index in [1.165, 1.54) is 0 Å². The lowest BCUT2D eigenvalue weighted by molar-refractivity contribution is -0.143. The van der Waals surface area contributed by atoms with E-state index in [2.05, 4.69) is 20.8 Å². The van der Waals surface area contributed by atoms with Gasteiger partial charge in [0.25, 0.3) is 0 Å². The van der Waals surface area contributed by atoms with Crippen LogP contribution in [0.2, 0.25) is 0 Å². The first-order valence-corrected chi connectivity index (χ1v) is 5.86. The van der Waals surface area contributed by atoms with Gasteiger partial charge in [0.05, 0.1) is 5.92 Å². The van der Waals surface area contributed by atoms with Crippen LogP contribution in [-0.2, 0) is 4.79 Å². The van der Waals surface area contributed by atoms with Crippen LogP contribution in [0.25, 0.3) is 0 Å². The number of hydrogen-bond donors (Lipinski definition) is 1. The lowest BCUT2D eigenvalue weighted by Crippen LogP contribution is -2.21. The predicted octanol–water partition coefficient (Wildman–Crippen LogP) is 3.70. The molecule has 1 N–H and O–H groups in total. The highest BCUT2D eigenvalue weighted by Gasteiger charge is 2.22. The summed E-state index contributed by atoms with van der Waals surface area (Å²) in [7, 11) is 0. The van der Waals surface area contributed by atoms with Crippen molar-refractivity contribution in [2.75, 3.05) is 0 Å². The quantitative estimate of drug-likeness (QED) is 0.606. The molecule has 0 bridgehead atoms. The van der Waals surface area contributed by atoms with Crippen molar-refractivity contribution < 1.29 is 9.90 Å². The van der Waals surface area contributed by atoms with Crippen LogP contribution in [-0.4, -0.2) is 11.1 Å². The Bertz CT molecular complexity index is 154. The Morgan fingerprint density at radius 2 is 1.79 bits per heavy atom. The molecule has 14 heavy (non-hydrogen) atoms. The number of rotatable bonds is 8. The van der Waals surface area contributed by atoms with E-state index in [9.17, 15) is 4.79 Å². The van der Waals surface area contributed by atoms with Gasteiger partial charge in [-0.25, -0.2) is 0 Å². The standard InChI is InChI=1S/C12H24O2/c1-4-6-7-9-11(12(13)14)10(3)8-5-2/h10-11H,4-9H2,1-3H3,(H,13,14). The van der Waals surface area contributed by atoms with Crippen molar-refractivity contribution in [2.45, 2.75) is 59.3 Å². The maximum atomic E-state index is 11.0. The van der Waals surface area contributed by atoms with Gasteiger partial charge in [-0.15, -0.1) is 0 Å². The van der Waals surface area contributed by atoms with Crippen molar-refractivity contribution in [1.29, 1.82) is 0 Å². The maximum Gasteiger partial charge on any atom is 0.306 e. The van der Waals surface area contributed by atoms with Crippen LogP contribution < -0.4 is 0 Å². The molecule has 0 saturated heterocycles. The second-order valence-electron chi connectivity index (χ2n) is 4.21. The third-order valence-corrected chi connectivity index (χ3v) is 2.87. The summed E-state index contributed by atoms with van der Waals surface area (Å²) < 4.78 is 0. The second-order valence-corrected chi connectivity index (χ2v) is 4.21. The molecule has 0 rings (SSSR count). The molecule has 0 aliphatic rings. The number of hydrogen-bond acceptors (Lipinski definition) is 1. The molecule has 2 nitrogen and oxygen atoms in total. The Morgan fingerprint density at radius 3 is 2.21 bits per heavy atom. The Morgan fingerprint density at radius 1 is 1.14 bits per heavy atom. The highest BCUT2D eigenvalue weighted by atomic mass is 16.4. The molecule has 2 atom stereocenters. The van der Waals surface area contributed by atoms with E-state index in [1.54, 1.807) is 0 Å². The van der Waals surface area contributed by atoms with E-state index in [0.717, 1.165) is 38.5 Å². The van der Waals surface area contributed by atoms with E-state index in [4.69, 9.17) is 5.11 Å². The minimum absolute atomic E-state index is 0.124. The van der Waals surface area contributed by atoms with Crippen molar-refractivity contribution in [1.82, 2.24) is 0 Å². The van der Waals surface area contributed by atoms with Crippen LogP contribution in [0.1, 0.15) is 59.3 Å². The molecule has 84 valence electrons. The van der Waals surface area contributed by atoms with Crippen molar-refractivity contribution in [2.24, 2.45) is 11.8 Å². The molecule has 0 aliphatic heterocycles. The lowest BCUT2D eigenvalue weighted by atomic mass is 9.86. The highest BCUT2D eigenvalue weighted by molar-refractivity contribution is 5.70. The van der Waals surface area contributed by atoms with Crippen LogP contribution in [0.4, 0.5) is 0 Å². The zero-order chi connectivity index (χ0) is 11.0. The fourth-order valence-corrected chi connectivity index (χ4v) is 1.92. The van der Waals surface area contributed by atoms with Crippen molar-refractivity contribution in [3.63, 3.8) is 0 Å². The first-order valence-electron chi connectivity index (χ1n) is 5.86. The molecular formula is C12H24O2. The first-order chi connectivity index (χ1) is 6.63. The fraction of sp³-hybridized carbons (Fsp3) is 0.917. The lowest BCUT2D eigenvalue weighted by Gasteiger charge is -2.19. The molecule has 0 amide bonds. The molecule has 0 aromatic carbocycles. The summed E-state index contributed by atoms with van der Waals surface area (Å²) in [4.78, 5) is 11.0. The SMILES string of the molecule is CCCCCC(C(=O)O)C(C)CCC. The van der Waals surface area contributed by atoms with E-state index in [1.807, 2.05) is 0 Å². The van der Waals surface area contributed by atoms with Crippen LogP contribution >= 0.6 is 0 Å². The Labute approximate surface area is 87.7 Å². The van der Waals surface area contributed by atoms with Gasteiger partial charge in [-0.1, -0.05) is 52.9 Å². The zero-order valence-electron chi connectivity index (χ0n) is 9.75. The molecule has 0 aromatic rings. The van der Waals surface area contributed by atoms with Gasteiger partial charge >= 0.3 is 5.97 Å². The van der Waals surface area contributed by atoms with Crippen LogP contribution in [0.5, 0.6) is 0 Å². The van der Waals surface area contributed by atoms with Gasteiger partial charge in [-0.3, -0.25) is 4.79 Å². The average molecular weight is 200 g/mol. The average Bonchev–Trinajstić information content (AvgIpc) is 2.12. The molecular weight excluding hydrogens is 176 g/mol. The summed E-state index contributed by atoms with van der Waals surface area (Å²) in [6.45, 7) is 6.32. The largest absolute Gasteiger partial charge is 0.481 e. The smallest absolute Gasteiger partial charge is 0.306 e. The summed E-state index contributed by atoms with van der Waals surface area (Å²) >= 11 is 0. The number of carboxylic acid groups (broad SMARTS) is 1. The van der Waals surface area contributed by atoms with Gasteiger partial charge in [0.2, 0.25) is 0 Å². The van der Waals surface area contributed by atoms with Crippen molar-refractivity contribution >= 4 is 5.97 Å². The van der Waals surface area contributed by atoms with Crippen LogP contribution in [0.3, 0.4) is 0 Å². The summed E-state index contributed by atoms with van der Waals surface area (Å²) in [5.74, 6) is -0.405. The van der Waals surface area contributed by atoms with Crippen LogP contribution in [0.15, 0.2) is 0 Å². The Hall–Kier alpha value is -0.530. The number of carboxylic acids is 1. The van der Waals surface area contributed by atoms with Gasteiger partial charge in [0, 0.05) is 0 Å². The molecule has 0 spiro atoms. The molecule has 0 saturated carbocycles. The summed E-state index contributed by atoms with van der Waals surface area (Å²) in [6.07, 6.45) is 6.34. The second kappa shape index (κ2) is 7.84. The van der Waals surface area contributed by atoms with Gasteiger partial charge in [-0.05, 0) is 12.3 Å².